The highest BCUT2D eigenvalue weighted by Gasteiger charge is 1.97. The van der Waals surface area contributed by atoms with Gasteiger partial charge in [-0.2, -0.15) is 5.10 Å². The van der Waals surface area contributed by atoms with Gasteiger partial charge in [0.2, 0.25) is 0 Å². The summed E-state index contributed by atoms with van der Waals surface area (Å²) in [6.07, 6.45) is 5.44. The summed E-state index contributed by atoms with van der Waals surface area (Å²) >= 11 is 6.45. The summed E-state index contributed by atoms with van der Waals surface area (Å²) in [6.45, 7) is 0. The molecule has 0 aliphatic carbocycles. The first-order chi connectivity index (χ1) is 8.31. The van der Waals surface area contributed by atoms with Gasteiger partial charge < -0.3 is 0 Å². The summed E-state index contributed by atoms with van der Waals surface area (Å²) in [7, 11) is 0. The Morgan fingerprint density at radius 3 is 3.06 bits per heavy atom. The maximum absolute atomic E-state index is 4.99. The Morgan fingerprint density at radius 1 is 1.41 bits per heavy atom. The van der Waals surface area contributed by atoms with Gasteiger partial charge in [-0.15, -0.1) is 0 Å². The molecule has 1 N–H and O–H groups in total. The summed E-state index contributed by atoms with van der Waals surface area (Å²) in [5.74, 6) is 0. The molecule has 17 heavy (non-hydrogen) atoms. The van der Waals surface area contributed by atoms with Crippen LogP contribution < -0.4 is 5.43 Å². The van der Waals surface area contributed by atoms with E-state index in [0.29, 0.717) is 4.32 Å². The van der Waals surface area contributed by atoms with E-state index in [2.05, 4.69) is 15.5 Å². The molecule has 0 atom stereocenters. The van der Waals surface area contributed by atoms with E-state index in [1.165, 1.54) is 11.8 Å². The van der Waals surface area contributed by atoms with Crippen LogP contribution in [0.3, 0.4) is 0 Å². The minimum Gasteiger partial charge on any atom is -0.262 e. The van der Waals surface area contributed by atoms with Crippen LogP contribution in [-0.2, 0) is 0 Å². The minimum atomic E-state index is 0.652. The van der Waals surface area contributed by atoms with Gasteiger partial charge in [0.15, 0.2) is 4.32 Å². The summed E-state index contributed by atoms with van der Waals surface area (Å²) in [5.41, 5.74) is 4.77. The first-order valence-corrected chi connectivity index (χ1v) is 6.65. The van der Waals surface area contributed by atoms with Crippen molar-refractivity contribution in [2.75, 3.05) is 6.26 Å². The van der Waals surface area contributed by atoms with Crippen LogP contribution in [0.25, 0.3) is 10.9 Å². The number of nitrogens with zero attached hydrogens (tertiary/aromatic N) is 2. The van der Waals surface area contributed by atoms with Crippen molar-refractivity contribution in [2.24, 2.45) is 5.10 Å². The van der Waals surface area contributed by atoms with E-state index in [9.17, 15) is 0 Å². The Bertz CT molecular complexity index is 561. The van der Waals surface area contributed by atoms with Gasteiger partial charge in [-0.25, -0.2) is 0 Å². The van der Waals surface area contributed by atoms with Crippen molar-refractivity contribution in [3.8, 4) is 0 Å². The Balaban J connectivity index is 2.27. The molecule has 3 nitrogen and oxygen atoms in total. The molecule has 1 aromatic heterocycles. The molecule has 0 spiro atoms. The van der Waals surface area contributed by atoms with Crippen LogP contribution in [0.1, 0.15) is 5.56 Å². The monoisotopic (exact) mass is 261 g/mol. The zero-order valence-corrected chi connectivity index (χ0v) is 10.9. The molecule has 2 aromatic rings. The van der Waals surface area contributed by atoms with Crippen LogP contribution in [0.2, 0.25) is 0 Å². The van der Waals surface area contributed by atoms with Crippen LogP contribution in [0.5, 0.6) is 0 Å². The van der Waals surface area contributed by atoms with Gasteiger partial charge in [0.05, 0.1) is 11.7 Å². The molecular weight excluding hydrogens is 250 g/mol. The van der Waals surface area contributed by atoms with Gasteiger partial charge in [0.1, 0.15) is 0 Å². The molecule has 0 radical (unpaired) electrons. The number of pyridine rings is 1. The molecule has 0 amide bonds. The zero-order chi connectivity index (χ0) is 12.1. The third kappa shape index (κ3) is 3.01. The van der Waals surface area contributed by atoms with E-state index in [1.54, 1.807) is 12.4 Å². The lowest BCUT2D eigenvalue weighted by Crippen LogP contribution is -2.10. The number of hydrazone groups is 1. The summed E-state index contributed by atoms with van der Waals surface area (Å²) in [5, 5.41) is 5.18. The highest BCUT2D eigenvalue weighted by molar-refractivity contribution is 8.22. The number of hydrogen-bond donors (Lipinski definition) is 1. The first kappa shape index (κ1) is 12.0. The van der Waals surface area contributed by atoms with Crippen molar-refractivity contribution < 1.29 is 0 Å². The molecule has 0 saturated heterocycles. The highest BCUT2D eigenvalue weighted by Crippen LogP contribution is 2.14. The molecular formula is C12H11N3S2. The van der Waals surface area contributed by atoms with E-state index >= 15 is 0 Å². The number of benzene rings is 1. The molecule has 1 heterocycles. The second-order valence-electron chi connectivity index (χ2n) is 3.28. The van der Waals surface area contributed by atoms with Crippen molar-refractivity contribution in [1.82, 2.24) is 10.4 Å². The highest BCUT2D eigenvalue weighted by atomic mass is 32.2. The second kappa shape index (κ2) is 5.75. The van der Waals surface area contributed by atoms with Crippen molar-refractivity contribution in [2.45, 2.75) is 0 Å². The Kier molecular flexibility index (Phi) is 4.06. The number of fused-ring (bicyclic) bond motifs is 1. The summed E-state index contributed by atoms with van der Waals surface area (Å²) in [6, 6.07) is 9.89. The minimum absolute atomic E-state index is 0.652. The predicted octanol–water partition coefficient (Wildman–Crippen LogP) is 2.81. The largest absolute Gasteiger partial charge is 0.262 e. The fraction of sp³-hybridized carbons (Fsp3) is 0.0833. The van der Waals surface area contributed by atoms with Crippen LogP contribution in [0.15, 0.2) is 41.6 Å². The van der Waals surface area contributed by atoms with Gasteiger partial charge >= 0.3 is 0 Å². The molecule has 0 saturated carbocycles. The van der Waals surface area contributed by atoms with Crippen molar-refractivity contribution >= 4 is 45.4 Å². The first-order valence-electron chi connectivity index (χ1n) is 5.02. The summed E-state index contributed by atoms with van der Waals surface area (Å²) < 4.78 is 0.652. The van der Waals surface area contributed by atoms with Crippen LogP contribution in [0.4, 0.5) is 0 Å². The lowest BCUT2D eigenvalue weighted by molar-refractivity contribution is 1.07. The Hall–Kier alpha value is -1.46. The number of thiocarbonyl (C=S) groups is 1. The zero-order valence-electron chi connectivity index (χ0n) is 9.25. The van der Waals surface area contributed by atoms with Crippen LogP contribution >= 0.6 is 24.0 Å². The molecule has 2 rings (SSSR count). The summed E-state index contributed by atoms with van der Waals surface area (Å²) in [4.78, 5) is 4.29. The maximum Gasteiger partial charge on any atom is 0.153 e. The third-order valence-corrected chi connectivity index (χ3v) is 3.28. The van der Waals surface area contributed by atoms with Gasteiger partial charge in [-0.1, -0.05) is 42.2 Å². The Morgan fingerprint density at radius 2 is 2.24 bits per heavy atom. The molecule has 0 aliphatic heterocycles. The van der Waals surface area contributed by atoms with Crippen molar-refractivity contribution in [3.05, 3.63) is 42.1 Å². The molecule has 1 aromatic carbocycles. The fourth-order valence-corrected chi connectivity index (χ4v) is 1.63. The number of nitrogens with one attached hydrogen (secondary N) is 1. The molecule has 0 fully saturated rings. The average Bonchev–Trinajstić information content (AvgIpc) is 2.39. The van der Waals surface area contributed by atoms with Gasteiger partial charge in [0.25, 0.3) is 0 Å². The number of rotatable bonds is 2. The van der Waals surface area contributed by atoms with Crippen molar-refractivity contribution in [3.63, 3.8) is 0 Å². The Labute approximate surface area is 109 Å². The van der Waals surface area contributed by atoms with E-state index in [1.807, 2.05) is 36.6 Å². The number of aromatic nitrogens is 1. The normalized spacial score (nSPS) is 10.9. The molecule has 5 heteroatoms. The maximum atomic E-state index is 4.99. The lowest BCUT2D eigenvalue weighted by atomic mass is 10.1. The molecule has 86 valence electrons. The quantitative estimate of drug-likeness (QED) is 0.512. The van der Waals surface area contributed by atoms with Gasteiger partial charge in [0, 0.05) is 17.1 Å². The smallest absolute Gasteiger partial charge is 0.153 e. The van der Waals surface area contributed by atoms with E-state index in [4.69, 9.17) is 12.2 Å². The SMILES string of the molecule is CSC(=S)NN=Cc1ccnc2ccccc12. The van der Waals surface area contributed by atoms with E-state index < -0.39 is 0 Å². The van der Waals surface area contributed by atoms with E-state index in [-0.39, 0.29) is 0 Å². The van der Waals surface area contributed by atoms with Crippen LogP contribution in [0, 0.1) is 0 Å². The predicted molar refractivity (Wildman–Crippen MR) is 78.6 cm³/mol. The average molecular weight is 261 g/mol. The third-order valence-electron chi connectivity index (χ3n) is 2.23. The van der Waals surface area contributed by atoms with Crippen LogP contribution in [-0.4, -0.2) is 21.8 Å². The second-order valence-corrected chi connectivity index (χ2v) is 4.76. The number of thioether (sulfide) groups is 1. The van der Waals surface area contributed by atoms with E-state index in [0.717, 1.165) is 16.5 Å². The topological polar surface area (TPSA) is 37.3 Å². The molecule has 0 bridgehead atoms. The van der Waals surface area contributed by atoms with Gasteiger partial charge in [-0.05, 0) is 18.4 Å². The fourth-order valence-electron chi connectivity index (χ4n) is 1.43. The molecule has 0 unspecified atom stereocenters. The molecule has 0 aliphatic rings. The standard InChI is InChI=1S/C12H11N3S2/c1-17-12(16)15-14-8-9-6-7-13-11-5-3-2-4-10(9)11/h2-8H,1H3,(H,15,16). The lowest BCUT2D eigenvalue weighted by Gasteiger charge is -2.01. The van der Waals surface area contributed by atoms with Crippen molar-refractivity contribution in [1.29, 1.82) is 0 Å². The number of hydrogen-bond acceptors (Lipinski definition) is 4. The van der Waals surface area contributed by atoms with Gasteiger partial charge in [-0.3, -0.25) is 10.4 Å². The number of para-hydroxylation sites is 1.